The zero-order chi connectivity index (χ0) is 15.5. The molecule has 0 spiro atoms. The molecule has 0 aliphatic heterocycles. The summed E-state index contributed by atoms with van der Waals surface area (Å²) in [6.45, 7) is 4.24. The number of aryl methyl sites for hydroxylation is 2. The van der Waals surface area contributed by atoms with Crippen molar-refractivity contribution >= 4 is 0 Å². The van der Waals surface area contributed by atoms with Crippen LogP contribution in [0.3, 0.4) is 0 Å². The molecule has 0 bridgehead atoms. The van der Waals surface area contributed by atoms with Gasteiger partial charge in [0.05, 0.1) is 6.26 Å². The molecule has 0 N–H and O–H groups in total. The minimum atomic E-state index is -0.00479. The summed E-state index contributed by atoms with van der Waals surface area (Å²) < 4.78 is 7.14. The van der Waals surface area contributed by atoms with Crippen LogP contribution in [0.1, 0.15) is 16.8 Å². The van der Waals surface area contributed by atoms with Gasteiger partial charge >= 0.3 is 0 Å². The molecule has 0 saturated heterocycles. The van der Waals surface area contributed by atoms with Gasteiger partial charge in [-0.2, -0.15) is 0 Å². The van der Waals surface area contributed by atoms with Gasteiger partial charge in [-0.25, -0.2) is 4.98 Å². The van der Waals surface area contributed by atoms with Crippen LogP contribution in [0.2, 0.25) is 0 Å². The van der Waals surface area contributed by atoms with E-state index in [1.54, 1.807) is 16.9 Å². The van der Waals surface area contributed by atoms with E-state index >= 15 is 0 Å². The molecule has 2 heterocycles. The van der Waals surface area contributed by atoms with Gasteiger partial charge in [-0.3, -0.25) is 9.36 Å². The fraction of sp³-hybridized carbons (Fsp3) is 0.222. The highest BCUT2D eigenvalue weighted by Crippen LogP contribution is 2.18. The van der Waals surface area contributed by atoms with Gasteiger partial charge in [-0.05, 0) is 38.0 Å². The minimum absolute atomic E-state index is 0.00479. The molecule has 0 amide bonds. The SMILES string of the molecule is Cc1nc(-c2ccco2)n(CCc2ccccc2)c(=O)c1C. The highest BCUT2D eigenvalue weighted by atomic mass is 16.3. The van der Waals surface area contributed by atoms with Crippen LogP contribution in [0.15, 0.2) is 57.9 Å². The standard InChI is InChI=1S/C18H18N2O2/c1-13-14(2)19-17(16-9-6-12-22-16)20(18(13)21)11-10-15-7-4-3-5-8-15/h3-9,12H,10-11H2,1-2H3. The molecule has 0 atom stereocenters. The Morgan fingerprint density at radius 3 is 2.55 bits per heavy atom. The molecular formula is C18H18N2O2. The van der Waals surface area contributed by atoms with Crippen LogP contribution >= 0.6 is 0 Å². The molecule has 3 rings (SSSR count). The largest absolute Gasteiger partial charge is 0.461 e. The Hall–Kier alpha value is -2.62. The predicted molar refractivity (Wildman–Crippen MR) is 85.8 cm³/mol. The van der Waals surface area contributed by atoms with Crippen molar-refractivity contribution in [1.29, 1.82) is 0 Å². The van der Waals surface area contributed by atoms with Crippen molar-refractivity contribution in [2.45, 2.75) is 26.8 Å². The third-order valence-corrected chi connectivity index (χ3v) is 3.85. The molecule has 0 fully saturated rings. The zero-order valence-electron chi connectivity index (χ0n) is 12.7. The number of nitrogens with zero attached hydrogens (tertiary/aromatic N) is 2. The van der Waals surface area contributed by atoms with Crippen molar-refractivity contribution in [2.24, 2.45) is 0 Å². The van der Waals surface area contributed by atoms with Crippen LogP contribution in [-0.2, 0) is 13.0 Å². The summed E-state index contributed by atoms with van der Waals surface area (Å²) in [4.78, 5) is 17.2. The van der Waals surface area contributed by atoms with E-state index in [0.29, 0.717) is 23.7 Å². The Morgan fingerprint density at radius 1 is 1.09 bits per heavy atom. The van der Waals surface area contributed by atoms with Crippen LogP contribution in [-0.4, -0.2) is 9.55 Å². The number of rotatable bonds is 4. The Labute approximate surface area is 129 Å². The van der Waals surface area contributed by atoms with E-state index in [0.717, 1.165) is 12.1 Å². The fourth-order valence-corrected chi connectivity index (χ4v) is 2.44. The molecule has 2 aromatic heterocycles. The molecule has 1 aromatic carbocycles. The van der Waals surface area contributed by atoms with Gasteiger partial charge in [-0.1, -0.05) is 30.3 Å². The molecule has 4 heteroatoms. The number of furan rings is 1. The molecule has 3 aromatic rings. The average Bonchev–Trinajstić information content (AvgIpc) is 3.07. The lowest BCUT2D eigenvalue weighted by Gasteiger charge is -2.13. The van der Waals surface area contributed by atoms with Crippen molar-refractivity contribution < 1.29 is 4.42 Å². The summed E-state index contributed by atoms with van der Waals surface area (Å²) >= 11 is 0. The lowest BCUT2D eigenvalue weighted by Crippen LogP contribution is -2.27. The third-order valence-electron chi connectivity index (χ3n) is 3.85. The summed E-state index contributed by atoms with van der Waals surface area (Å²) in [6, 6.07) is 13.8. The minimum Gasteiger partial charge on any atom is -0.461 e. The first kappa shape index (κ1) is 14.3. The second-order valence-corrected chi connectivity index (χ2v) is 5.32. The van der Waals surface area contributed by atoms with Crippen LogP contribution < -0.4 is 5.56 Å². The van der Waals surface area contributed by atoms with Crippen molar-refractivity contribution in [2.75, 3.05) is 0 Å². The first-order chi connectivity index (χ1) is 10.7. The highest BCUT2D eigenvalue weighted by Gasteiger charge is 2.14. The third kappa shape index (κ3) is 2.72. The number of hydrogen-bond donors (Lipinski definition) is 0. The van der Waals surface area contributed by atoms with Gasteiger partial charge in [0.1, 0.15) is 0 Å². The lowest BCUT2D eigenvalue weighted by molar-refractivity contribution is 0.558. The number of benzene rings is 1. The Balaban J connectivity index is 2.02. The van der Waals surface area contributed by atoms with E-state index < -0.39 is 0 Å². The first-order valence-corrected chi connectivity index (χ1v) is 7.32. The normalized spacial score (nSPS) is 10.8. The maximum Gasteiger partial charge on any atom is 0.257 e. The molecule has 0 unspecified atom stereocenters. The Kier molecular flexibility index (Phi) is 3.92. The second kappa shape index (κ2) is 6.02. The summed E-state index contributed by atoms with van der Waals surface area (Å²) in [6.07, 6.45) is 2.37. The van der Waals surface area contributed by atoms with Crippen LogP contribution in [0.5, 0.6) is 0 Å². The molecular weight excluding hydrogens is 276 g/mol. The topological polar surface area (TPSA) is 48.0 Å². The van der Waals surface area contributed by atoms with Crippen molar-refractivity contribution in [1.82, 2.24) is 9.55 Å². The average molecular weight is 294 g/mol. The van der Waals surface area contributed by atoms with E-state index in [1.165, 1.54) is 5.56 Å². The molecule has 112 valence electrons. The zero-order valence-corrected chi connectivity index (χ0v) is 12.7. The van der Waals surface area contributed by atoms with Gasteiger partial charge in [-0.15, -0.1) is 0 Å². The van der Waals surface area contributed by atoms with Gasteiger partial charge in [0.25, 0.3) is 5.56 Å². The van der Waals surface area contributed by atoms with Gasteiger partial charge in [0, 0.05) is 17.8 Å². The summed E-state index contributed by atoms with van der Waals surface area (Å²) in [7, 11) is 0. The Morgan fingerprint density at radius 2 is 1.86 bits per heavy atom. The molecule has 0 radical (unpaired) electrons. The molecule has 0 saturated carbocycles. The molecule has 22 heavy (non-hydrogen) atoms. The van der Waals surface area contributed by atoms with Crippen molar-refractivity contribution in [3.8, 4) is 11.6 Å². The van der Waals surface area contributed by atoms with Crippen LogP contribution in [0.25, 0.3) is 11.6 Å². The molecule has 0 aliphatic rings. The highest BCUT2D eigenvalue weighted by molar-refractivity contribution is 5.48. The predicted octanol–water partition coefficient (Wildman–Crippen LogP) is 3.36. The summed E-state index contributed by atoms with van der Waals surface area (Å²) in [5.74, 6) is 1.21. The van der Waals surface area contributed by atoms with E-state index in [-0.39, 0.29) is 5.56 Å². The first-order valence-electron chi connectivity index (χ1n) is 7.32. The van der Waals surface area contributed by atoms with E-state index in [4.69, 9.17) is 4.42 Å². The number of hydrogen-bond acceptors (Lipinski definition) is 3. The number of aromatic nitrogens is 2. The van der Waals surface area contributed by atoms with Crippen molar-refractivity contribution in [3.05, 3.63) is 75.9 Å². The monoisotopic (exact) mass is 294 g/mol. The van der Waals surface area contributed by atoms with Gasteiger partial charge < -0.3 is 4.42 Å². The summed E-state index contributed by atoms with van der Waals surface area (Å²) in [5.41, 5.74) is 2.61. The van der Waals surface area contributed by atoms with Crippen LogP contribution in [0, 0.1) is 13.8 Å². The van der Waals surface area contributed by atoms with Crippen LogP contribution in [0.4, 0.5) is 0 Å². The molecule has 4 nitrogen and oxygen atoms in total. The van der Waals surface area contributed by atoms with Crippen molar-refractivity contribution in [3.63, 3.8) is 0 Å². The maximum atomic E-state index is 12.6. The van der Waals surface area contributed by atoms with Gasteiger partial charge in [0.15, 0.2) is 11.6 Å². The maximum absolute atomic E-state index is 12.6. The molecule has 0 aliphatic carbocycles. The summed E-state index contributed by atoms with van der Waals surface area (Å²) in [5, 5.41) is 0. The van der Waals surface area contributed by atoms with E-state index in [9.17, 15) is 4.79 Å². The Bertz CT molecular complexity index is 818. The second-order valence-electron chi connectivity index (χ2n) is 5.32. The van der Waals surface area contributed by atoms with Gasteiger partial charge in [0.2, 0.25) is 0 Å². The fourth-order valence-electron chi connectivity index (χ4n) is 2.44. The smallest absolute Gasteiger partial charge is 0.257 e. The van der Waals surface area contributed by atoms with E-state index in [1.807, 2.05) is 38.1 Å². The lowest BCUT2D eigenvalue weighted by atomic mass is 10.1. The van der Waals surface area contributed by atoms with E-state index in [2.05, 4.69) is 17.1 Å². The quantitative estimate of drug-likeness (QED) is 0.741.